The average Bonchev–Trinajstić information content (AvgIpc) is 3.30. The lowest BCUT2D eigenvalue weighted by Gasteiger charge is -2.11. The Balaban J connectivity index is 1.56. The fraction of sp³-hybridized carbons (Fsp3) is 0.129. The van der Waals surface area contributed by atoms with Crippen molar-refractivity contribution in [3.8, 4) is 33.9 Å². The summed E-state index contributed by atoms with van der Waals surface area (Å²) in [7, 11) is 0. The van der Waals surface area contributed by atoms with E-state index in [2.05, 4.69) is 26.2 Å². The van der Waals surface area contributed by atoms with Gasteiger partial charge in [-0.25, -0.2) is 0 Å². The van der Waals surface area contributed by atoms with Gasteiger partial charge >= 0.3 is 6.18 Å². The van der Waals surface area contributed by atoms with Gasteiger partial charge < -0.3 is 20.5 Å². The summed E-state index contributed by atoms with van der Waals surface area (Å²) in [5.74, 6) is -0.534. The second-order valence-electron chi connectivity index (χ2n) is 9.37. The molecule has 40 heavy (non-hydrogen) atoms. The summed E-state index contributed by atoms with van der Waals surface area (Å²) in [6.45, 7) is 1.83. The molecule has 5 aromatic rings. The van der Waals surface area contributed by atoms with E-state index in [0.717, 1.165) is 33.1 Å². The molecule has 1 heterocycles. The third-order valence-corrected chi connectivity index (χ3v) is 7.28. The first-order valence-corrected chi connectivity index (χ1v) is 13.3. The molecule has 1 aromatic heterocycles. The van der Waals surface area contributed by atoms with Gasteiger partial charge in [-0.1, -0.05) is 47.1 Å². The van der Waals surface area contributed by atoms with Crippen molar-refractivity contribution in [2.45, 2.75) is 26.1 Å². The van der Waals surface area contributed by atoms with Crippen LogP contribution in [0, 0.1) is 0 Å². The van der Waals surface area contributed by atoms with Crippen LogP contribution in [-0.2, 0) is 19.1 Å². The van der Waals surface area contributed by atoms with Crippen molar-refractivity contribution >= 4 is 32.7 Å². The first-order valence-electron chi connectivity index (χ1n) is 12.5. The normalized spacial score (nSPS) is 11.6. The molecule has 0 aliphatic heterocycles. The Morgan fingerprint density at radius 1 is 0.950 bits per heavy atom. The van der Waals surface area contributed by atoms with Crippen LogP contribution < -0.4 is 5.32 Å². The van der Waals surface area contributed by atoms with E-state index in [1.807, 2.05) is 31.2 Å². The van der Waals surface area contributed by atoms with Crippen molar-refractivity contribution in [1.29, 1.82) is 0 Å². The molecule has 9 heteroatoms. The van der Waals surface area contributed by atoms with Crippen LogP contribution in [0.4, 0.5) is 13.2 Å². The molecule has 5 nitrogen and oxygen atoms in total. The Morgan fingerprint density at radius 2 is 1.70 bits per heavy atom. The zero-order valence-corrected chi connectivity index (χ0v) is 22.8. The Bertz CT molecular complexity index is 1730. The van der Waals surface area contributed by atoms with E-state index >= 15 is 0 Å². The maximum absolute atomic E-state index is 13.1. The Labute approximate surface area is 236 Å². The molecule has 0 saturated heterocycles. The Kier molecular flexibility index (Phi) is 7.33. The van der Waals surface area contributed by atoms with Crippen molar-refractivity contribution in [3.63, 3.8) is 0 Å². The molecule has 0 atom stereocenters. The molecule has 0 radical (unpaired) electrons. The number of nitrogens with one attached hydrogen (secondary N) is 2. The highest BCUT2D eigenvalue weighted by Crippen LogP contribution is 2.43. The number of carbonyl (C=O) groups excluding carboxylic acids is 1. The molecule has 0 aliphatic carbocycles. The molecule has 5 rings (SSSR count). The van der Waals surface area contributed by atoms with Crippen molar-refractivity contribution in [1.82, 2.24) is 10.3 Å². The molecule has 0 unspecified atom stereocenters. The van der Waals surface area contributed by atoms with E-state index in [4.69, 9.17) is 0 Å². The zero-order chi connectivity index (χ0) is 28.6. The number of alkyl halides is 3. The zero-order valence-electron chi connectivity index (χ0n) is 21.2. The van der Waals surface area contributed by atoms with Gasteiger partial charge in [0.1, 0.15) is 11.5 Å². The fourth-order valence-corrected chi connectivity index (χ4v) is 4.96. The van der Waals surface area contributed by atoms with E-state index in [1.54, 1.807) is 24.3 Å². The number of aryl methyl sites for hydroxylation is 1. The maximum atomic E-state index is 13.1. The highest BCUT2D eigenvalue weighted by atomic mass is 79.9. The quantitative estimate of drug-likeness (QED) is 0.157. The van der Waals surface area contributed by atoms with Crippen molar-refractivity contribution in [2.24, 2.45) is 0 Å². The standard InChI is InChI=1S/C31H24BrF3N2O3/c1-2-18-13-24(27(39)15-26(18)38)29-28(19-6-9-22(32)10-7-19)23-14-20(8-11-25(23)37-29)30(40)36-16-17-4-3-5-21(12-17)31(33,34)35/h3-15,37-39H,2,16H2,1H3,(H,36,40). The molecular formula is C31H24BrF3N2O3. The first-order chi connectivity index (χ1) is 19.0. The van der Waals surface area contributed by atoms with Gasteiger partial charge in [0, 0.05) is 44.7 Å². The van der Waals surface area contributed by atoms with Gasteiger partial charge in [-0.05, 0) is 71.6 Å². The van der Waals surface area contributed by atoms with Gasteiger partial charge in [0.15, 0.2) is 0 Å². The fourth-order valence-electron chi connectivity index (χ4n) is 4.70. The predicted molar refractivity (Wildman–Crippen MR) is 152 cm³/mol. The molecule has 204 valence electrons. The summed E-state index contributed by atoms with van der Waals surface area (Å²) in [6, 6.07) is 20.6. The summed E-state index contributed by atoms with van der Waals surface area (Å²) >= 11 is 3.45. The number of hydrogen-bond donors (Lipinski definition) is 4. The van der Waals surface area contributed by atoms with Crippen LogP contribution in [-0.4, -0.2) is 21.1 Å². The second kappa shape index (κ2) is 10.7. The Hall–Kier alpha value is -4.24. The largest absolute Gasteiger partial charge is 0.508 e. The van der Waals surface area contributed by atoms with Crippen LogP contribution in [0.5, 0.6) is 11.5 Å². The molecule has 0 spiro atoms. The van der Waals surface area contributed by atoms with Crippen LogP contribution in [0.25, 0.3) is 33.3 Å². The number of hydrogen-bond acceptors (Lipinski definition) is 3. The summed E-state index contributed by atoms with van der Waals surface area (Å²) < 4.78 is 40.1. The molecule has 0 fully saturated rings. The van der Waals surface area contributed by atoms with E-state index in [1.165, 1.54) is 18.2 Å². The van der Waals surface area contributed by atoms with Gasteiger partial charge in [-0.3, -0.25) is 4.79 Å². The van der Waals surface area contributed by atoms with E-state index in [0.29, 0.717) is 39.9 Å². The molecule has 0 saturated carbocycles. The third kappa shape index (κ3) is 5.42. The lowest BCUT2D eigenvalue weighted by molar-refractivity contribution is -0.137. The number of fused-ring (bicyclic) bond motifs is 1. The number of phenols is 2. The number of rotatable bonds is 6. The Morgan fingerprint density at radius 3 is 2.40 bits per heavy atom. The maximum Gasteiger partial charge on any atom is 0.416 e. The van der Waals surface area contributed by atoms with Crippen LogP contribution >= 0.6 is 15.9 Å². The van der Waals surface area contributed by atoms with Crippen molar-refractivity contribution in [2.75, 3.05) is 0 Å². The summed E-state index contributed by atoms with van der Waals surface area (Å²) in [6.07, 6.45) is -3.91. The minimum Gasteiger partial charge on any atom is -0.508 e. The van der Waals surface area contributed by atoms with Gasteiger partial charge in [0.05, 0.1) is 11.3 Å². The number of phenolic OH excluding ortho intramolecular Hbond substituents is 2. The number of aromatic amines is 1. The number of aromatic hydroxyl groups is 2. The van der Waals surface area contributed by atoms with Crippen LogP contribution in [0.3, 0.4) is 0 Å². The highest BCUT2D eigenvalue weighted by molar-refractivity contribution is 9.10. The summed E-state index contributed by atoms with van der Waals surface area (Å²) in [5.41, 5.74) is 3.96. The number of carbonyl (C=O) groups is 1. The minimum absolute atomic E-state index is 0.00443. The lowest BCUT2D eigenvalue weighted by Crippen LogP contribution is -2.23. The summed E-state index contributed by atoms with van der Waals surface area (Å²) in [5, 5.41) is 24.4. The van der Waals surface area contributed by atoms with Crippen LogP contribution in [0.15, 0.2) is 83.3 Å². The highest BCUT2D eigenvalue weighted by Gasteiger charge is 2.30. The van der Waals surface area contributed by atoms with Gasteiger partial charge in [-0.2, -0.15) is 13.2 Å². The van der Waals surface area contributed by atoms with E-state index in [9.17, 15) is 28.2 Å². The van der Waals surface area contributed by atoms with Crippen LogP contribution in [0.1, 0.15) is 34.0 Å². The smallest absolute Gasteiger partial charge is 0.416 e. The number of H-pyrrole nitrogens is 1. The minimum atomic E-state index is -4.47. The molecule has 4 N–H and O–H groups in total. The topological polar surface area (TPSA) is 85.4 Å². The molecule has 1 amide bonds. The summed E-state index contributed by atoms with van der Waals surface area (Å²) in [4.78, 5) is 16.4. The van der Waals surface area contributed by atoms with Gasteiger partial charge in [-0.15, -0.1) is 0 Å². The molecular weight excluding hydrogens is 585 g/mol. The monoisotopic (exact) mass is 608 g/mol. The number of amides is 1. The third-order valence-electron chi connectivity index (χ3n) is 6.75. The van der Waals surface area contributed by atoms with Crippen LogP contribution in [0.2, 0.25) is 0 Å². The number of benzene rings is 4. The van der Waals surface area contributed by atoms with Gasteiger partial charge in [0.25, 0.3) is 5.91 Å². The molecule has 0 bridgehead atoms. The molecule has 0 aliphatic rings. The van der Waals surface area contributed by atoms with Crippen molar-refractivity contribution < 1.29 is 28.2 Å². The number of halogens is 4. The molecule has 4 aromatic carbocycles. The predicted octanol–water partition coefficient (Wildman–Crippen LogP) is 8.19. The second-order valence-corrected chi connectivity index (χ2v) is 10.3. The first kappa shape index (κ1) is 27.3. The number of aromatic nitrogens is 1. The van der Waals surface area contributed by atoms with Crippen molar-refractivity contribution in [3.05, 3.63) is 106 Å². The van der Waals surface area contributed by atoms with E-state index < -0.39 is 17.6 Å². The SMILES string of the molecule is CCc1cc(-c2[nH]c3ccc(C(=O)NCc4cccc(C(F)(F)F)c4)cc3c2-c2ccc(Br)cc2)c(O)cc1O. The van der Waals surface area contributed by atoms with E-state index in [-0.39, 0.29) is 18.0 Å². The average molecular weight is 609 g/mol. The lowest BCUT2D eigenvalue weighted by atomic mass is 9.95. The van der Waals surface area contributed by atoms with Gasteiger partial charge in [0.2, 0.25) is 0 Å².